The molecular weight excluding hydrogens is 467 g/mol. The summed E-state index contributed by atoms with van der Waals surface area (Å²) in [6.07, 6.45) is 7.47. The van der Waals surface area contributed by atoms with Crippen molar-refractivity contribution in [2.45, 2.75) is 31.2 Å². The lowest BCUT2D eigenvalue weighted by atomic mass is 9.88. The second kappa shape index (κ2) is 11.2. The summed E-state index contributed by atoms with van der Waals surface area (Å²) in [5.41, 5.74) is 6.25. The van der Waals surface area contributed by atoms with E-state index in [1.54, 1.807) is 16.9 Å². The van der Waals surface area contributed by atoms with E-state index in [4.69, 9.17) is 12.8 Å². The number of benzene rings is 2. The minimum Gasteiger partial charge on any atom is -0.366 e. The van der Waals surface area contributed by atoms with E-state index in [1.165, 1.54) is 11.1 Å². The molecule has 1 aliphatic rings. The van der Waals surface area contributed by atoms with E-state index in [1.807, 2.05) is 12.3 Å². The molecule has 188 valence electrons. The lowest BCUT2D eigenvalue weighted by Crippen LogP contribution is -2.36. The standard InChI is InChI=1S/C31H31BN6/c32-28-21-35-38-30(34-20-23-8-7-15-33-19-23)18-29(36-31(28)38)26-13-16-37(17-14-26)22-27(24-9-3-1-4-10-24)25-11-5-2-6-12-25/h1-12,15,18-19,21,26-27,34H,13-14,16-17,20,22H2. The maximum atomic E-state index is 6.25. The first kappa shape index (κ1) is 24.4. The Hall–Kier alpha value is -3.97. The number of hydrogen-bond donors (Lipinski definition) is 1. The van der Waals surface area contributed by atoms with Crippen molar-refractivity contribution in [2.24, 2.45) is 0 Å². The van der Waals surface area contributed by atoms with Gasteiger partial charge in [-0.15, -0.1) is 0 Å². The fourth-order valence-corrected chi connectivity index (χ4v) is 5.47. The topological polar surface area (TPSA) is 58.4 Å². The van der Waals surface area contributed by atoms with E-state index in [9.17, 15) is 0 Å². The Morgan fingerprint density at radius 1 is 0.895 bits per heavy atom. The number of aromatic nitrogens is 4. The van der Waals surface area contributed by atoms with E-state index in [0.717, 1.165) is 49.6 Å². The molecule has 0 atom stereocenters. The number of hydrogen-bond acceptors (Lipinski definition) is 5. The van der Waals surface area contributed by atoms with Gasteiger partial charge < -0.3 is 10.2 Å². The third kappa shape index (κ3) is 5.34. The van der Waals surface area contributed by atoms with Gasteiger partial charge in [0.15, 0.2) is 0 Å². The van der Waals surface area contributed by atoms with Gasteiger partial charge in [0.05, 0.1) is 0 Å². The first-order valence-electron chi connectivity index (χ1n) is 13.3. The molecule has 3 aromatic heterocycles. The van der Waals surface area contributed by atoms with Crippen LogP contribution in [0, 0.1) is 0 Å². The summed E-state index contributed by atoms with van der Waals surface area (Å²) in [5.74, 6) is 1.65. The van der Waals surface area contributed by atoms with Gasteiger partial charge in [-0.2, -0.15) is 9.61 Å². The highest BCUT2D eigenvalue weighted by atomic mass is 15.3. The van der Waals surface area contributed by atoms with Gasteiger partial charge in [0, 0.05) is 55.3 Å². The molecule has 1 aliphatic heterocycles. The molecule has 0 bridgehead atoms. The van der Waals surface area contributed by atoms with E-state index in [0.29, 0.717) is 29.5 Å². The van der Waals surface area contributed by atoms with Crippen molar-refractivity contribution < 1.29 is 0 Å². The maximum Gasteiger partial charge on any atom is 0.150 e. The average Bonchev–Trinajstić information content (AvgIpc) is 3.37. The molecule has 7 heteroatoms. The lowest BCUT2D eigenvalue weighted by molar-refractivity contribution is 0.205. The summed E-state index contributed by atoms with van der Waals surface area (Å²) in [6.45, 7) is 3.76. The summed E-state index contributed by atoms with van der Waals surface area (Å²) >= 11 is 0. The van der Waals surface area contributed by atoms with Crippen molar-refractivity contribution in [2.75, 3.05) is 25.0 Å². The molecule has 0 saturated carbocycles. The van der Waals surface area contributed by atoms with Crippen LogP contribution in [0.3, 0.4) is 0 Å². The Morgan fingerprint density at radius 2 is 1.61 bits per heavy atom. The lowest BCUT2D eigenvalue weighted by Gasteiger charge is -2.34. The largest absolute Gasteiger partial charge is 0.366 e. The molecule has 0 aliphatic carbocycles. The number of rotatable bonds is 8. The summed E-state index contributed by atoms with van der Waals surface area (Å²) in [6, 6.07) is 27.9. The van der Waals surface area contributed by atoms with Crippen molar-refractivity contribution in [3.8, 4) is 0 Å². The van der Waals surface area contributed by atoms with Crippen LogP contribution in [0.25, 0.3) is 5.65 Å². The second-order valence-corrected chi connectivity index (χ2v) is 10.1. The Kier molecular flexibility index (Phi) is 7.18. The first-order valence-corrected chi connectivity index (χ1v) is 13.3. The molecule has 6 nitrogen and oxygen atoms in total. The Labute approximate surface area is 225 Å². The maximum absolute atomic E-state index is 6.25. The quantitative estimate of drug-likeness (QED) is 0.319. The van der Waals surface area contributed by atoms with Crippen LogP contribution >= 0.6 is 0 Å². The Bertz CT molecular complexity index is 1420. The van der Waals surface area contributed by atoms with Crippen LogP contribution in [0.4, 0.5) is 5.82 Å². The summed E-state index contributed by atoms with van der Waals surface area (Å²) in [4.78, 5) is 11.8. The van der Waals surface area contributed by atoms with E-state index >= 15 is 0 Å². The molecule has 38 heavy (non-hydrogen) atoms. The van der Waals surface area contributed by atoms with Gasteiger partial charge in [0.2, 0.25) is 0 Å². The number of anilines is 1. The number of fused-ring (bicyclic) bond motifs is 1. The molecule has 1 fully saturated rings. The van der Waals surface area contributed by atoms with Crippen LogP contribution < -0.4 is 10.8 Å². The number of nitrogens with one attached hydrogen (secondary N) is 1. The normalized spacial score (nSPS) is 14.8. The summed E-state index contributed by atoms with van der Waals surface area (Å²) in [7, 11) is 6.25. The Balaban J connectivity index is 1.18. The molecule has 5 aromatic rings. The van der Waals surface area contributed by atoms with Crippen LogP contribution in [-0.2, 0) is 6.54 Å². The molecule has 6 rings (SSSR count). The molecule has 4 heterocycles. The molecule has 2 aromatic carbocycles. The van der Waals surface area contributed by atoms with Crippen molar-refractivity contribution in [3.63, 3.8) is 0 Å². The van der Waals surface area contributed by atoms with Crippen LogP contribution in [0.15, 0.2) is 97.5 Å². The van der Waals surface area contributed by atoms with Gasteiger partial charge in [-0.05, 0) is 54.2 Å². The van der Waals surface area contributed by atoms with Crippen LogP contribution in [0.1, 0.15) is 47.1 Å². The molecule has 1 saturated heterocycles. The molecule has 2 radical (unpaired) electrons. The van der Waals surface area contributed by atoms with Gasteiger partial charge in [-0.25, -0.2) is 4.98 Å². The predicted molar refractivity (Wildman–Crippen MR) is 153 cm³/mol. The van der Waals surface area contributed by atoms with Gasteiger partial charge >= 0.3 is 0 Å². The molecule has 1 N–H and O–H groups in total. The van der Waals surface area contributed by atoms with Gasteiger partial charge in [-0.1, -0.05) is 66.7 Å². The third-order valence-electron chi connectivity index (χ3n) is 7.57. The van der Waals surface area contributed by atoms with Crippen molar-refractivity contribution >= 4 is 24.8 Å². The van der Waals surface area contributed by atoms with Gasteiger partial charge in [0.25, 0.3) is 0 Å². The zero-order chi connectivity index (χ0) is 25.7. The highest BCUT2D eigenvalue weighted by Crippen LogP contribution is 2.32. The highest BCUT2D eigenvalue weighted by Gasteiger charge is 2.26. The van der Waals surface area contributed by atoms with Crippen molar-refractivity contribution in [1.82, 2.24) is 24.5 Å². The Morgan fingerprint density at radius 3 is 2.26 bits per heavy atom. The summed E-state index contributed by atoms with van der Waals surface area (Å²) in [5, 5.41) is 7.98. The zero-order valence-electron chi connectivity index (χ0n) is 21.4. The number of pyridine rings is 1. The second-order valence-electron chi connectivity index (χ2n) is 10.1. The first-order chi connectivity index (χ1) is 18.7. The highest BCUT2D eigenvalue weighted by molar-refractivity contribution is 6.36. The summed E-state index contributed by atoms with van der Waals surface area (Å²) < 4.78 is 1.80. The minimum atomic E-state index is 0.360. The minimum absolute atomic E-state index is 0.360. The third-order valence-corrected chi connectivity index (χ3v) is 7.57. The van der Waals surface area contributed by atoms with Gasteiger partial charge in [0.1, 0.15) is 19.3 Å². The SMILES string of the molecule is [B]c1cnn2c(NCc3cccnc3)cc(C3CCN(CC(c4ccccc4)c4ccccc4)CC3)nc12. The smallest absolute Gasteiger partial charge is 0.150 e. The van der Waals surface area contributed by atoms with Crippen molar-refractivity contribution in [1.29, 1.82) is 0 Å². The van der Waals surface area contributed by atoms with E-state index in [2.05, 4.69) is 93.1 Å². The van der Waals surface area contributed by atoms with Crippen LogP contribution in [0.2, 0.25) is 0 Å². The number of nitrogens with zero attached hydrogens (tertiary/aromatic N) is 5. The van der Waals surface area contributed by atoms with Gasteiger partial charge in [-0.3, -0.25) is 4.98 Å². The average molecular weight is 498 g/mol. The molecular formula is C31H31BN6. The number of piperidine rings is 1. The van der Waals surface area contributed by atoms with Crippen molar-refractivity contribution in [3.05, 3.63) is 120 Å². The fourth-order valence-electron chi connectivity index (χ4n) is 5.47. The van der Waals surface area contributed by atoms with Crippen LogP contribution in [-0.4, -0.2) is 52.0 Å². The molecule has 0 unspecified atom stereocenters. The monoisotopic (exact) mass is 498 g/mol. The molecule has 0 amide bonds. The van der Waals surface area contributed by atoms with Crippen LogP contribution in [0.5, 0.6) is 0 Å². The predicted octanol–water partition coefficient (Wildman–Crippen LogP) is 4.54. The number of likely N-dealkylation sites (tertiary alicyclic amines) is 1. The van der Waals surface area contributed by atoms with E-state index in [-0.39, 0.29) is 0 Å². The zero-order valence-corrected chi connectivity index (χ0v) is 21.4. The van der Waals surface area contributed by atoms with E-state index < -0.39 is 0 Å². The fraction of sp³-hybridized carbons (Fsp3) is 0.258. The molecule has 0 spiro atoms.